The third-order valence-electron chi connectivity index (χ3n) is 3.09. The second-order valence-electron chi connectivity index (χ2n) is 4.71. The summed E-state index contributed by atoms with van der Waals surface area (Å²) in [5, 5.41) is 12.8. The highest BCUT2D eigenvalue weighted by Gasteiger charge is 2.28. The summed E-state index contributed by atoms with van der Waals surface area (Å²) in [5.41, 5.74) is 1.42. The molecule has 1 aliphatic rings. The molecule has 2 rings (SSSR count). The lowest BCUT2D eigenvalue weighted by atomic mass is 10.1. The van der Waals surface area contributed by atoms with Crippen molar-refractivity contribution in [2.45, 2.75) is 37.0 Å². The average Bonchev–Trinajstić information content (AvgIpc) is 2.54. The molecule has 3 nitrogen and oxygen atoms in total. The summed E-state index contributed by atoms with van der Waals surface area (Å²) in [4.78, 5) is 12.4. The number of aliphatic hydroxyl groups excluding tert-OH is 1. The molecule has 0 spiro atoms. The predicted molar refractivity (Wildman–Crippen MR) is 70.2 cm³/mol. The van der Waals surface area contributed by atoms with Crippen LogP contribution < -0.4 is 5.32 Å². The second-order valence-corrected chi connectivity index (χ2v) is 6.16. The first-order chi connectivity index (χ1) is 7.99. The maximum atomic E-state index is 11.3. The maximum Gasteiger partial charge on any atom is 0.257 e. The molecule has 1 aromatic rings. The number of hydrogen-bond donors (Lipinski definition) is 2. The number of thioether (sulfide) groups is 1. The van der Waals surface area contributed by atoms with Gasteiger partial charge in [0, 0.05) is 21.4 Å². The molecule has 0 fully saturated rings. The Morgan fingerprint density at radius 3 is 2.71 bits per heavy atom. The fourth-order valence-electron chi connectivity index (χ4n) is 1.65. The normalized spacial score (nSPS) is 20.3. The SMILES string of the molecule is CC(C)C(C)Sc1ccc2c(c1)NC(=O)C2O. The molecule has 0 radical (unpaired) electrons. The third-order valence-corrected chi connectivity index (χ3v) is 4.53. The van der Waals surface area contributed by atoms with Gasteiger partial charge in [-0.25, -0.2) is 0 Å². The average molecular weight is 251 g/mol. The van der Waals surface area contributed by atoms with Crippen molar-refractivity contribution in [2.24, 2.45) is 5.92 Å². The van der Waals surface area contributed by atoms with Crippen LogP contribution in [0.3, 0.4) is 0 Å². The Bertz CT molecular complexity index is 445. The van der Waals surface area contributed by atoms with Gasteiger partial charge < -0.3 is 10.4 Å². The Balaban J connectivity index is 2.19. The van der Waals surface area contributed by atoms with Crippen LogP contribution in [0.4, 0.5) is 5.69 Å². The van der Waals surface area contributed by atoms with Crippen LogP contribution in [0.5, 0.6) is 0 Å². The Morgan fingerprint density at radius 1 is 1.35 bits per heavy atom. The van der Waals surface area contributed by atoms with Crippen LogP contribution in [-0.4, -0.2) is 16.3 Å². The van der Waals surface area contributed by atoms with Crippen molar-refractivity contribution in [1.82, 2.24) is 0 Å². The number of nitrogens with one attached hydrogen (secondary N) is 1. The first-order valence-corrected chi connectivity index (χ1v) is 6.66. The highest BCUT2D eigenvalue weighted by Crippen LogP contribution is 2.36. The summed E-state index contributed by atoms with van der Waals surface area (Å²) in [6.07, 6.45) is -1.01. The van der Waals surface area contributed by atoms with Crippen molar-refractivity contribution in [3.63, 3.8) is 0 Å². The van der Waals surface area contributed by atoms with Crippen LogP contribution in [0.25, 0.3) is 0 Å². The van der Waals surface area contributed by atoms with Crippen LogP contribution in [0.15, 0.2) is 23.1 Å². The number of fused-ring (bicyclic) bond motifs is 1. The first-order valence-electron chi connectivity index (χ1n) is 5.78. The molecule has 4 heteroatoms. The second kappa shape index (κ2) is 4.70. The van der Waals surface area contributed by atoms with Crippen LogP contribution in [0.2, 0.25) is 0 Å². The van der Waals surface area contributed by atoms with Crippen molar-refractivity contribution in [3.8, 4) is 0 Å². The lowest BCUT2D eigenvalue weighted by molar-refractivity contribution is -0.123. The van der Waals surface area contributed by atoms with Crippen LogP contribution in [0.1, 0.15) is 32.4 Å². The molecule has 2 N–H and O–H groups in total. The van der Waals surface area contributed by atoms with Gasteiger partial charge in [0.15, 0.2) is 6.10 Å². The lowest BCUT2D eigenvalue weighted by Gasteiger charge is -2.15. The molecule has 2 unspecified atom stereocenters. The molecule has 1 heterocycles. The molecule has 92 valence electrons. The summed E-state index contributed by atoms with van der Waals surface area (Å²) in [6, 6.07) is 5.73. The monoisotopic (exact) mass is 251 g/mol. The Kier molecular flexibility index (Phi) is 3.45. The van der Waals surface area contributed by atoms with Gasteiger partial charge in [0.2, 0.25) is 0 Å². The van der Waals surface area contributed by atoms with Gasteiger partial charge >= 0.3 is 0 Å². The predicted octanol–water partition coefficient (Wildman–Crippen LogP) is 2.81. The van der Waals surface area contributed by atoms with Crippen molar-refractivity contribution in [3.05, 3.63) is 23.8 Å². The molecule has 0 aliphatic carbocycles. The quantitative estimate of drug-likeness (QED) is 0.812. The Labute approximate surface area is 106 Å². The van der Waals surface area contributed by atoms with E-state index >= 15 is 0 Å². The topological polar surface area (TPSA) is 49.3 Å². The fourth-order valence-corrected chi connectivity index (χ4v) is 2.68. The number of carbonyl (C=O) groups excluding carboxylic acids is 1. The zero-order chi connectivity index (χ0) is 12.6. The number of benzene rings is 1. The highest BCUT2D eigenvalue weighted by atomic mass is 32.2. The van der Waals surface area contributed by atoms with Gasteiger partial charge in [-0.2, -0.15) is 0 Å². The largest absolute Gasteiger partial charge is 0.378 e. The summed E-state index contributed by atoms with van der Waals surface area (Å²) >= 11 is 1.79. The van der Waals surface area contributed by atoms with E-state index in [1.807, 2.05) is 18.2 Å². The van der Waals surface area contributed by atoms with E-state index in [0.717, 1.165) is 10.6 Å². The number of amides is 1. The van der Waals surface area contributed by atoms with E-state index in [-0.39, 0.29) is 5.91 Å². The first kappa shape index (κ1) is 12.5. The van der Waals surface area contributed by atoms with Crippen LogP contribution in [0, 0.1) is 5.92 Å². The van der Waals surface area contributed by atoms with Crippen molar-refractivity contribution in [2.75, 3.05) is 5.32 Å². The molecule has 17 heavy (non-hydrogen) atoms. The third kappa shape index (κ3) is 2.48. The molecule has 0 saturated carbocycles. The van der Waals surface area contributed by atoms with E-state index in [2.05, 4.69) is 26.1 Å². The molecule has 1 aromatic carbocycles. The van der Waals surface area contributed by atoms with Gasteiger partial charge in [0.05, 0.1) is 0 Å². The standard InChI is InChI=1S/C13H17NO2S/c1-7(2)8(3)17-9-4-5-10-11(6-9)14-13(16)12(10)15/h4-8,12,15H,1-3H3,(H,14,16). The minimum Gasteiger partial charge on any atom is -0.378 e. The van der Waals surface area contributed by atoms with Gasteiger partial charge in [0.1, 0.15) is 0 Å². The van der Waals surface area contributed by atoms with E-state index in [0.29, 0.717) is 16.7 Å². The minimum atomic E-state index is -1.01. The summed E-state index contributed by atoms with van der Waals surface area (Å²) in [5.74, 6) is 0.271. The van der Waals surface area contributed by atoms with E-state index in [1.165, 1.54) is 0 Å². The van der Waals surface area contributed by atoms with Crippen LogP contribution >= 0.6 is 11.8 Å². The number of rotatable bonds is 3. The Hall–Kier alpha value is -1.00. The van der Waals surface area contributed by atoms with Crippen molar-refractivity contribution >= 4 is 23.4 Å². The van der Waals surface area contributed by atoms with Crippen molar-refractivity contribution < 1.29 is 9.90 Å². The number of carbonyl (C=O) groups is 1. The zero-order valence-corrected chi connectivity index (χ0v) is 11.0. The number of hydrogen-bond acceptors (Lipinski definition) is 3. The van der Waals surface area contributed by atoms with E-state index < -0.39 is 6.10 Å². The molecule has 2 atom stereocenters. The van der Waals surface area contributed by atoms with Gasteiger partial charge in [-0.15, -0.1) is 11.8 Å². The number of anilines is 1. The smallest absolute Gasteiger partial charge is 0.257 e. The number of aliphatic hydroxyl groups is 1. The molecular formula is C13H17NO2S. The zero-order valence-electron chi connectivity index (χ0n) is 10.2. The molecule has 0 saturated heterocycles. The summed E-state index contributed by atoms with van der Waals surface area (Å²) in [7, 11) is 0. The van der Waals surface area contributed by atoms with Gasteiger partial charge in [-0.05, 0) is 18.1 Å². The highest BCUT2D eigenvalue weighted by molar-refractivity contribution is 8.00. The minimum absolute atomic E-state index is 0.334. The van der Waals surface area contributed by atoms with Gasteiger partial charge in [-0.1, -0.05) is 26.8 Å². The maximum absolute atomic E-state index is 11.3. The van der Waals surface area contributed by atoms with Gasteiger partial charge in [0.25, 0.3) is 5.91 Å². The molecule has 1 aliphatic heterocycles. The summed E-state index contributed by atoms with van der Waals surface area (Å²) in [6.45, 7) is 6.57. The lowest BCUT2D eigenvalue weighted by Crippen LogP contribution is -2.10. The molecule has 0 aromatic heterocycles. The van der Waals surface area contributed by atoms with E-state index in [1.54, 1.807) is 11.8 Å². The van der Waals surface area contributed by atoms with E-state index in [4.69, 9.17) is 0 Å². The van der Waals surface area contributed by atoms with Crippen LogP contribution in [-0.2, 0) is 4.79 Å². The fraction of sp³-hybridized carbons (Fsp3) is 0.462. The van der Waals surface area contributed by atoms with Gasteiger partial charge in [-0.3, -0.25) is 4.79 Å². The Morgan fingerprint density at radius 2 is 2.06 bits per heavy atom. The molecular weight excluding hydrogens is 234 g/mol. The molecule has 0 bridgehead atoms. The summed E-state index contributed by atoms with van der Waals surface area (Å²) < 4.78 is 0. The molecule has 1 amide bonds. The van der Waals surface area contributed by atoms with E-state index in [9.17, 15) is 9.90 Å². The van der Waals surface area contributed by atoms with Crippen molar-refractivity contribution in [1.29, 1.82) is 0 Å².